The van der Waals surface area contributed by atoms with Gasteiger partial charge in [-0.2, -0.15) is 0 Å². The summed E-state index contributed by atoms with van der Waals surface area (Å²) in [4.78, 5) is 71.0. The van der Waals surface area contributed by atoms with E-state index in [4.69, 9.17) is 14.0 Å². The van der Waals surface area contributed by atoms with Crippen molar-refractivity contribution >= 4 is 108 Å². The SMILES string of the molecule is CC(O[C@@H](C[C@H](Cc1ccccc1)NC(=O)[C@@H](NC(=O)N(C)Cc1csc(C(C)C)n1)C(C)C)[C@H](Cc1ccccc1)NC(=O)OCc1cncs1)OP(=O)(O)O.[NaH].[NaH]. The summed E-state index contributed by atoms with van der Waals surface area (Å²) in [6.45, 7) is 9.35. The van der Waals surface area contributed by atoms with E-state index in [0.717, 1.165) is 26.7 Å². The molecule has 0 spiro atoms. The molecule has 2 aromatic heterocycles. The van der Waals surface area contributed by atoms with Crippen molar-refractivity contribution in [3.8, 4) is 0 Å². The molecule has 2 aromatic carbocycles. The van der Waals surface area contributed by atoms with Crippen LogP contribution in [-0.4, -0.2) is 139 Å². The van der Waals surface area contributed by atoms with Crippen LogP contribution in [0, 0.1) is 5.92 Å². The third-order valence-electron chi connectivity index (χ3n) is 8.76. The number of urea groups is 1. The third-order valence-corrected chi connectivity index (χ3v) is 11.3. The summed E-state index contributed by atoms with van der Waals surface area (Å²) in [6, 6.07) is 15.8. The number of thiazole rings is 2. The Bertz CT molecular complexity index is 1890. The van der Waals surface area contributed by atoms with Gasteiger partial charge in [-0.15, -0.1) is 22.7 Å². The number of carbonyl (C=O) groups excluding carboxylic acids is 3. The second kappa shape index (κ2) is 26.3. The van der Waals surface area contributed by atoms with Gasteiger partial charge in [0, 0.05) is 30.6 Å². The van der Waals surface area contributed by atoms with Gasteiger partial charge in [0.15, 0.2) is 6.29 Å². The van der Waals surface area contributed by atoms with Gasteiger partial charge in [-0.3, -0.25) is 14.3 Å². The zero-order valence-corrected chi connectivity index (χ0v) is 35.5. The van der Waals surface area contributed by atoms with Gasteiger partial charge >= 0.3 is 79.1 Å². The first-order valence-electron chi connectivity index (χ1n) is 18.6. The van der Waals surface area contributed by atoms with Gasteiger partial charge in [-0.05, 0) is 43.2 Å². The fourth-order valence-electron chi connectivity index (χ4n) is 5.98. The Morgan fingerprint density at radius 1 is 0.881 bits per heavy atom. The molecule has 59 heavy (non-hydrogen) atoms. The first-order chi connectivity index (χ1) is 27.1. The van der Waals surface area contributed by atoms with Crippen molar-refractivity contribution in [1.29, 1.82) is 0 Å². The van der Waals surface area contributed by atoms with Crippen molar-refractivity contribution in [3.63, 3.8) is 0 Å². The molecule has 0 radical (unpaired) electrons. The molecule has 4 rings (SSSR count). The minimum atomic E-state index is -4.98. The van der Waals surface area contributed by atoms with Crippen LogP contribution < -0.4 is 16.0 Å². The molecule has 5 N–H and O–H groups in total. The summed E-state index contributed by atoms with van der Waals surface area (Å²) >= 11 is 2.87. The monoisotopic (exact) mass is 892 g/mol. The molecule has 0 bridgehead atoms. The normalized spacial score (nSPS) is 13.9. The standard InChI is InChI=1S/C39H53N6O9PS2.2Na.2H/c1-25(2)35(44-38(47)45(6)21-31-23-56-37(42-31)26(3)4)36(46)41-30(17-28-13-9-7-10-14-28)19-34(53-27(5)54-55(49,50)51)33(18-29-15-11-8-12-16-29)43-39(48)52-22-32-20-40-24-57-32;;;;/h7-16,20,23-27,30,33-35H,17-19,21-22H2,1-6H3,(H,41,46)(H,43,48)(H,44,47)(H2,49,50,51);;;;/t27?,30-,33-,34-,35-;;;;/m0..../s1. The maximum atomic E-state index is 14.2. The van der Waals surface area contributed by atoms with E-state index in [2.05, 4.69) is 39.8 Å². The number of benzene rings is 2. The predicted molar refractivity (Wildman–Crippen MR) is 233 cm³/mol. The molecule has 4 amide bonds. The van der Waals surface area contributed by atoms with E-state index in [0.29, 0.717) is 6.42 Å². The van der Waals surface area contributed by atoms with Gasteiger partial charge in [0.1, 0.15) is 12.6 Å². The molecule has 0 saturated carbocycles. The van der Waals surface area contributed by atoms with Gasteiger partial charge in [0.05, 0.1) is 39.8 Å². The van der Waals surface area contributed by atoms with Crippen LogP contribution in [0.5, 0.6) is 0 Å². The second-order valence-electron chi connectivity index (χ2n) is 14.3. The van der Waals surface area contributed by atoms with Crippen LogP contribution in [0.4, 0.5) is 9.59 Å². The van der Waals surface area contributed by atoms with Crippen LogP contribution in [0.15, 0.2) is 77.8 Å². The average molecular weight is 893 g/mol. The fraction of sp³-hybridized carbons (Fsp3) is 0.462. The first-order valence-corrected chi connectivity index (χ1v) is 21.9. The molecule has 0 aliphatic heterocycles. The number of alkyl carbamates (subject to hydrolysis) is 1. The van der Waals surface area contributed by atoms with Crippen LogP contribution in [0.2, 0.25) is 0 Å². The van der Waals surface area contributed by atoms with E-state index in [1.165, 1.54) is 34.5 Å². The molecule has 4 aromatic rings. The molecule has 5 atom stereocenters. The topological polar surface area (TPSA) is 202 Å². The summed E-state index contributed by atoms with van der Waals surface area (Å²) < 4.78 is 28.5. The van der Waals surface area contributed by atoms with Crippen molar-refractivity contribution in [1.82, 2.24) is 30.8 Å². The van der Waals surface area contributed by atoms with Crippen molar-refractivity contribution in [2.24, 2.45) is 5.92 Å². The molecular formula is C39H55N6Na2O9PS2. The Hall–Kier alpha value is -2.22. The summed E-state index contributed by atoms with van der Waals surface area (Å²) in [5, 5.41) is 11.8. The van der Waals surface area contributed by atoms with Crippen LogP contribution >= 0.6 is 30.5 Å². The van der Waals surface area contributed by atoms with Crippen LogP contribution in [0.3, 0.4) is 0 Å². The van der Waals surface area contributed by atoms with Crippen molar-refractivity contribution < 1.29 is 42.7 Å². The average Bonchev–Trinajstić information content (AvgIpc) is 3.85. The van der Waals surface area contributed by atoms with E-state index in [-0.39, 0.29) is 96.9 Å². The van der Waals surface area contributed by atoms with Crippen LogP contribution in [0.25, 0.3) is 0 Å². The van der Waals surface area contributed by atoms with Gasteiger partial charge in [0.25, 0.3) is 0 Å². The summed E-state index contributed by atoms with van der Waals surface area (Å²) in [7, 11) is -3.34. The van der Waals surface area contributed by atoms with Crippen LogP contribution in [-0.2, 0) is 49.4 Å². The molecule has 0 aliphatic rings. The zero-order chi connectivity index (χ0) is 41.5. The second-order valence-corrected chi connectivity index (χ2v) is 17.4. The third kappa shape index (κ3) is 19.2. The molecule has 2 heterocycles. The zero-order valence-electron chi connectivity index (χ0n) is 32.9. The molecule has 314 valence electrons. The van der Waals surface area contributed by atoms with E-state index >= 15 is 0 Å². The minimum absolute atomic E-state index is 0. The number of hydrogen-bond donors (Lipinski definition) is 5. The summed E-state index contributed by atoms with van der Waals surface area (Å²) in [5.74, 6) is -0.491. The number of nitrogens with one attached hydrogen (secondary N) is 3. The molecule has 15 nitrogen and oxygen atoms in total. The van der Waals surface area contributed by atoms with Crippen molar-refractivity contribution in [2.75, 3.05) is 7.05 Å². The summed E-state index contributed by atoms with van der Waals surface area (Å²) in [5.41, 5.74) is 4.09. The number of ether oxygens (including phenoxy) is 2. The quantitative estimate of drug-likeness (QED) is 0.0424. The van der Waals surface area contributed by atoms with Crippen molar-refractivity contribution in [2.45, 2.75) is 103 Å². The maximum absolute atomic E-state index is 14.2. The van der Waals surface area contributed by atoms with E-state index in [1.807, 2.05) is 79.9 Å². The molecule has 0 saturated heterocycles. The number of phosphoric ester groups is 1. The van der Waals surface area contributed by atoms with Crippen LogP contribution in [0.1, 0.15) is 73.7 Å². The Labute approximate surface area is 398 Å². The van der Waals surface area contributed by atoms with Gasteiger partial charge in [0.2, 0.25) is 5.91 Å². The summed E-state index contributed by atoms with van der Waals surface area (Å²) in [6.07, 6.45) is -0.997. The van der Waals surface area contributed by atoms with E-state index < -0.39 is 56.4 Å². The number of amides is 4. The number of phosphoric acid groups is 1. The van der Waals surface area contributed by atoms with Gasteiger partial charge < -0.3 is 40.1 Å². The first kappa shape index (κ1) is 52.9. The van der Waals surface area contributed by atoms with Crippen molar-refractivity contribution in [3.05, 3.63) is 104 Å². The number of nitrogens with zero attached hydrogens (tertiary/aromatic N) is 3. The Kier molecular flexibility index (Phi) is 23.6. The van der Waals surface area contributed by atoms with E-state index in [9.17, 15) is 28.7 Å². The number of rotatable bonds is 21. The fourth-order valence-corrected chi connectivity index (χ4v) is 7.75. The molecule has 20 heteroatoms. The molecule has 0 aliphatic carbocycles. The Morgan fingerprint density at radius 2 is 1.51 bits per heavy atom. The van der Waals surface area contributed by atoms with E-state index in [1.54, 1.807) is 18.8 Å². The van der Waals surface area contributed by atoms with Gasteiger partial charge in [-0.25, -0.2) is 19.1 Å². The molecular weight excluding hydrogens is 838 g/mol. The predicted octanol–water partition coefficient (Wildman–Crippen LogP) is 5.09. The number of aromatic nitrogens is 2. The Balaban J connectivity index is 0.00000600. The number of hydrogen-bond acceptors (Lipinski definition) is 11. The van der Waals surface area contributed by atoms with Gasteiger partial charge in [-0.1, -0.05) is 88.4 Å². The molecule has 0 fully saturated rings. The number of carbonyl (C=O) groups is 3. The Morgan fingerprint density at radius 3 is 2.05 bits per heavy atom. The molecule has 1 unspecified atom stereocenters.